The maximum atomic E-state index is 12.7. The minimum Gasteiger partial charge on any atom is -0.325 e. The Labute approximate surface area is 205 Å². The molecule has 0 saturated heterocycles. The molecule has 0 fully saturated rings. The van der Waals surface area contributed by atoms with Crippen molar-refractivity contribution in [2.24, 2.45) is 0 Å². The smallest absolute Gasteiger partial charge is 0.238 e. The van der Waals surface area contributed by atoms with Gasteiger partial charge in [0.2, 0.25) is 17.7 Å². The van der Waals surface area contributed by atoms with Crippen LogP contribution in [-0.4, -0.2) is 91.3 Å². The second kappa shape index (κ2) is 15.4. The Hall–Kier alpha value is -2.49. The summed E-state index contributed by atoms with van der Waals surface area (Å²) in [6.45, 7) is 19.4. The molecule has 1 aromatic carbocycles. The van der Waals surface area contributed by atoms with Crippen molar-refractivity contribution in [3.63, 3.8) is 0 Å². The van der Waals surface area contributed by atoms with Gasteiger partial charge in [0.15, 0.2) is 0 Å². The minimum atomic E-state index is -0.145. The van der Waals surface area contributed by atoms with Crippen molar-refractivity contribution < 1.29 is 14.4 Å². The molecule has 0 aliphatic rings. The highest BCUT2D eigenvalue weighted by Crippen LogP contribution is 2.29. The average Bonchev–Trinajstić information content (AvgIpc) is 2.82. The van der Waals surface area contributed by atoms with Crippen molar-refractivity contribution in [2.75, 3.05) is 74.9 Å². The average molecular weight is 477 g/mol. The number of nitrogens with zero attached hydrogens (tertiary/aromatic N) is 3. The lowest BCUT2D eigenvalue weighted by Gasteiger charge is -2.21. The molecule has 192 valence electrons. The summed E-state index contributed by atoms with van der Waals surface area (Å²) in [6.07, 6.45) is 0. The zero-order valence-corrected chi connectivity index (χ0v) is 22.1. The fraction of sp³-hybridized carbons (Fsp3) is 0.640. The molecule has 0 saturated carbocycles. The van der Waals surface area contributed by atoms with Crippen molar-refractivity contribution in [1.29, 1.82) is 0 Å². The highest BCUT2D eigenvalue weighted by Gasteiger charge is 2.16. The van der Waals surface area contributed by atoms with E-state index in [2.05, 4.69) is 16.0 Å². The molecule has 0 heterocycles. The summed E-state index contributed by atoms with van der Waals surface area (Å²) >= 11 is 0. The second-order valence-corrected chi connectivity index (χ2v) is 8.23. The summed E-state index contributed by atoms with van der Waals surface area (Å²) in [5, 5.41) is 8.84. The molecule has 1 aromatic rings. The Bertz CT molecular complexity index is 753. The Balaban J connectivity index is 3.17. The normalized spacial score (nSPS) is 11.2. The van der Waals surface area contributed by atoms with Crippen LogP contribution in [0.3, 0.4) is 0 Å². The molecule has 0 spiro atoms. The zero-order valence-electron chi connectivity index (χ0n) is 22.1. The van der Waals surface area contributed by atoms with Crippen LogP contribution in [0.4, 0.5) is 17.1 Å². The molecule has 9 heteroatoms. The van der Waals surface area contributed by atoms with E-state index in [0.29, 0.717) is 17.1 Å². The summed E-state index contributed by atoms with van der Waals surface area (Å²) in [6, 6.07) is 3.49. The highest BCUT2D eigenvalue weighted by atomic mass is 16.2. The van der Waals surface area contributed by atoms with Gasteiger partial charge in [-0.25, -0.2) is 0 Å². The molecule has 0 unspecified atom stereocenters. The molecule has 0 aliphatic heterocycles. The zero-order chi connectivity index (χ0) is 25.7. The first kappa shape index (κ1) is 29.5. The van der Waals surface area contributed by atoms with Gasteiger partial charge < -0.3 is 16.0 Å². The second-order valence-electron chi connectivity index (χ2n) is 8.23. The fourth-order valence-corrected chi connectivity index (χ4v) is 3.58. The molecule has 0 radical (unpaired) electrons. The fourth-order valence-electron chi connectivity index (χ4n) is 3.58. The number of rotatable bonds is 15. The summed E-state index contributed by atoms with van der Waals surface area (Å²) < 4.78 is 0. The number of hydrogen-bond acceptors (Lipinski definition) is 6. The first-order chi connectivity index (χ1) is 16.2. The topological polar surface area (TPSA) is 97.0 Å². The van der Waals surface area contributed by atoms with Crippen LogP contribution >= 0.6 is 0 Å². The van der Waals surface area contributed by atoms with Crippen LogP contribution in [0.5, 0.6) is 0 Å². The number of anilines is 3. The SMILES string of the molecule is CCN(CC)CC(=O)Nc1cc(NC(=O)CN(CC)CC)c(C)c(NC(=O)CN(CC)CC)c1. The lowest BCUT2D eigenvalue weighted by atomic mass is 10.1. The van der Waals surface area contributed by atoms with Gasteiger partial charge in [-0.05, 0) is 63.9 Å². The number of benzene rings is 1. The molecule has 0 aliphatic carbocycles. The monoisotopic (exact) mass is 476 g/mol. The third-order valence-corrected chi connectivity index (χ3v) is 6.02. The van der Waals surface area contributed by atoms with Gasteiger partial charge in [-0.1, -0.05) is 41.5 Å². The van der Waals surface area contributed by atoms with Gasteiger partial charge in [-0.2, -0.15) is 0 Å². The van der Waals surface area contributed by atoms with Crippen LogP contribution in [-0.2, 0) is 14.4 Å². The van der Waals surface area contributed by atoms with E-state index in [1.54, 1.807) is 12.1 Å². The standard InChI is InChI=1S/C25H44N6O3/c1-8-29(9-2)16-23(32)26-20-14-21(27-24(33)17-30(10-3)11-4)19(7)22(15-20)28-25(34)18-31(12-5)13-6/h14-15H,8-13,16-18H2,1-7H3,(H,26,32)(H,27,33)(H,28,34). The van der Waals surface area contributed by atoms with Gasteiger partial charge in [0.05, 0.1) is 19.6 Å². The molecular formula is C25H44N6O3. The number of amides is 3. The molecule has 3 amide bonds. The van der Waals surface area contributed by atoms with E-state index in [-0.39, 0.29) is 37.4 Å². The van der Waals surface area contributed by atoms with E-state index in [4.69, 9.17) is 0 Å². The van der Waals surface area contributed by atoms with Gasteiger partial charge in [0.1, 0.15) is 0 Å². The third-order valence-electron chi connectivity index (χ3n) is 6.02. The predicted octanol–water partition coefficient (Wildman–Crippen LogP) is 2.84. The summed E-state index contributed by atoms with van der Waals surface area (Å²) in [5.41, 5.74) is 2.40. The van der Waals surface area contributed by atoms with Crippen LogP contribution in [0, 0.1) is 6.92 Å². The first-order valence-electron chi connectivity index (χ1n) is 12.4. The van der Waals surface area contributed by atoms with Gasteiger partial charge in [-0.15, -0.1) is 0 Å². The van der Waals surface area contributed by atoms with E-state index in [0.717, 1.165) is 44.8 Å². The van der Waals surface area contributed by atoms with Crippen molar-refractivity contribution in [3.05, 3.63) is 17.7 Å². The van der Waals surface area contributed by atoms with Crippen LogP contribution in [0.25, 0.3) is 0 Å². The molecule has 0 bridgehead atoms. The lowest BCUT2D eigenvalue weighted by Crippen LogP contribution is -2.34. The van der Waals surface area contributed by atoms with Crippen molar-refractivity contribution >= 4 is 34.8 Å². The highest BCUT2D eigenvalue weighted by molar-refractivity contribution is 6.00. The van der Waals surface area contributed by atoms with Crippen molar-refractivity contribution in [1.82, 2.24) is 14.7 Å². The van der Waals surface area contributed by atoms with E-state index in [9.17, 15) is 14.4 Å². The van der Waals surface area contributed by atoms with E-state index < -0.39 is 0 Å². The van der Waals surface area contributed by atoms with Crippen LogP contribution < -0.4 is 16.0 Å². The van der Waals surface area contributed by atoms with Gasteiger partial charge in [0.25, 0.3) is 0 Å². The summed E-state index contributed by atoms with van der Waals surface area (Å²) in [5.74, 6) is -0.425. The Kier molecular flexibility index (Phi) is 13.4. The molecule has 9 nitrogen and oxygen atoms in total. The van der Waals surface area contributed by atoms with E-state index in [1.807, 2.05) is 63.2 Å². The van der Waals surface area contributed by atoms with E-state index >= 15 is 0 Å². The molecule has 3 N–H and O–H groups in total. The number of hydrogen-bond donors (Lipinski definition) is 3. The van der Waals surface area contributed by atoms with Crippen LogP contribution in [0.15, 0.2) is 12.1 Å². The number of carbonyl (C=O) groups excluding carboxylic acids is 3. The first-order valence-corrected chi connectivity index (χ1v) is 12.4. The van der Waals surface area contributed by atoms with Crippen molar-refractivity contribution in [2.45, 2.75) is 48.5 Å². The summed E-state index contributed by atoms with van der Waals surface area (Å²) in [7, 11) is 0. The third kappa shape index (κ3) is 9.79. The molecule has 0 atom stereocenters. The number of carbonyl (C=O) groups is 3. The summed E-state index contributed by atoms with van der Waals surface area (Å²) in [4.78, 5) is 44.0. The van der Waals surface area contributed by atoms with Gasteiger partial charge in [0, 0.05) is 17.1 Å². The largest absolute Gasteiger partial charge is 0.325 e. The molecule has 34 heavy (non-hydrogen) atoms. The predicted molar refractivity (Wildman–Crippen MR) is 140 cm³/mol. The maximum absolute atomic E-state index is 12.7. The quantitative estimate of drug-likeness (QED) is 0.360. The van der Waals surface area contributed by atoms with Gasteiger partial charge >= 0.3 is 0 Å². The lowest BCUT2D eigenvalue weighted by molar-refractivity contribution is -0.118. The maximum Gasteiger partial charge on any atom is 0.238 e. The van der Waals surface area contributed by atoms with Gasteiger partial charge in [-0.3, -0.25) is 29.1 Å². The molecule has 1 rings (SSSR count). The number of likely N-dealkylation sites (N-methyl/N-ethyl adjacent to an activating group) is 3. The van der Waals surface area contributed by atoms with Crippen LogP contribution in [0.1, 0.15) is 47.1 Å². The Morgan fingerprint density at radius 3 is 1.18 bits per heavy atom. The Morgan fingerprint density at radius 2 is 0.882 bits per heavy atom. The van der Waals surface area contributed by atoms with E-state index in [1.165, 1.54) is 0 Å². The minimum absolute atomic E-state index is 0.140. The Morgan fingerprint density at radius 1 is 0.588 bits per heavy atom. The van der Waals surface area contributed by atoms with Crippen LogP contribution in [0.2, 0.25) is 0 Å². The molecule has 0 aromatic heterocycles. The number of nitrogens with one attached hydrogen (secondary N) is 3. The molecular weight excluding hydrogens is 432 g/mol. The van der Waals surface area contributed by atoms with Crippen molar-refractivity contribution in [3.8, 4) is 0 Å².